The lowest BCUT2D eigenvalue weighted by atomic mass is 10.2. The van der Waals surface area contributed by atoms with E-state index < -0.39 is 14.9 Å². The maximum atomic E-state index is 12.3. The Morgan fingerprint density at radius 1 is 1.25 bits per heavy atom. The number of nitrogens with zero attached hydrogens (tertiary/aromatic N) is 1. The SMILES string of the molecule is O=[N+]([O-])c1cc(OCC2CO2)ccc1NS(=O)(=O)c1ccccc1. The van der Waals surface area contributed by atoms with Gasteiger partial charge in [0.25, 0.3) is 15.7 Å². The molecule has 2 aromatic rings. The molecule has 2 aromatic carbocycles. The first-order valence-electron chi connectivity index (χ1n) is 7.06. The van der Waals surface area contributed by atoms with Crippen molar-refractivity contribution in [2.75, 3.05) is 17.9 Å². The van der Waals surface area contributed by atoms with Crippen LogP contribution < -0.4 is 9.46 Å². The van der Waals surface area contributed by atoms with E-state index in [1.807, 2.05) is 0 Å². The summed E-state index contributed by atoms with van der Waals surface area (Å²) in [6.45, 7) is 0.906. The molecule has 8 nitrogen and oxygen atoms in total. The smallest absolute Gasteiger partial charge is 0.297 e. The Balaban J connectivity index is 1.85. The molecule has 0 radical (unpaired) electrons. The summed E-state index contributed by atoms with van der Waals surface area (Å²) in [5.41, 5.74) is -0.511. The highest BCUT2D eigenvalue weighted by Gasteiger charge is 2.25. The molecule has 3 rings (SSSR count). The number of nitrogens with one attached hydrogen (secondary N) is 1. The van der Waals surface area contributed by atoms with Gasteiger partial charge >= 0.3 is 0 Å². The summed E-state index contributed by atoms with van der Waals surface area (Å²) in [6, 6.07) is 11.6. The minimum atomic E-state index is -3.91. The third-order valence-electron chi connectivity index (χ3n) is 3.30. The number of sulfonamides is 1. The molecule has 1 N–H and O–H groups in total. The first-order chi connectivity index (χ1) is 11.5. The van der Waals surface area contributed by atoms with E-state index in [-0.39, 0.29) is 28.1 Å². The number of anilines is 1. The van der Waals surface area contributed by atoms with Gasteiger partial charge in [0.05, 0.1) is 22.5 Å². The van der Waals surface area contributed by atoms with Crippen molar-refractivity contribution in [3.05, 3.63) is 58.6 Å². The largest absolute Gasteiger partial charge is 0.491 e. The maximum absolute atomic E-state index is 12.3. The fraction of sp³-hybridized carbons (Fsp3) is 0.200. The lowest BCUT2D eigenvalue weighted by Gasteiger charge is -2.10. The zero-order valence-electron chi connectivity index (χ0n) is 12.4. The Morgan fingerprint density at radius 3 is 2.58 bits per heavy atom. The first-order valence-corrected chi connectivity index (χ1v) is 8.55. The third-order valence-corrected chi connectivity index (χ3v) is 4.68. The van der Waals surface area contributed by atoms with Crippen molar-refractivity contribution in [1.82, 2.24) is 0 Å². The van der Waals surface area contributed by atoms with Gasteiger partial charge in [0.15, 0.2) is 0 Å². The molecule has 9 heteroatoms. The van der Waals surface area contributed by atoms with Crippen molar-refractivity contribution in [3.8, 4) is 5.75 Å². The van der Waals surface area contributed by atoms with Crippen LogP contribution in [0, 0.1) is 10.1 Å². The van der Waals surface area contributed by atoms with Crippen LogP contribution in [0.25, 0.3) is 0 Å². The topological polar surface area (TPSA) is 111 Å². The Bertz CT molecular complexity index is 850. The fourth-order valence-corrected chi connectivity index (χ4v) is 3.09. The van der Waals surface area contributed by atoms with Gasteiger partial charge in [-0.3, -0.25) is 14.8 Å². The summed E-state index contributed by atoms with van der Waals surface area (Å²) in [4.78, 5) is 10.6. The molecule has 1 aliphatic rings. The van der Waals surface area contributed by atoms with Gasteiger partial charge < -0.3 is 9.47 Å². The highest BCUT2D eigenvalue weighted by Crippen LogP contribution is 2.31. The number of benzene rings is 2. The normalized spacial score (nSPS) is 16.4. The summed E-state index contributed by atoms with van der Waals surface area (Å²) in [7, 11) is -3.91. The van der Waals surface area contributed by atoms with Crippen molar-refractivity contribution in [2.45, 2.75) is 11.0 Å². The lowest BCUT2D eigenvalue weighted by molar-refractivity contribution is -0.384. The summed E-state index contributed by atoms with van der Waals surface area (Å²) >= 11 is 0. The zero-order valence-corrected chi connectivity index (χ0v) is 13.2. The van der Waals surface area contributed by atoms with Crippen LogP contribution >= 0.6 is 0 Å². The van der Waals surface area contributed by atoms with E-state index in [1.165, 1.54) is 30.3 Å². The minimum Gasteiger partial charge on any atom is -0.491 e. The van der Waals surface area contributed by atoms with Crippen LogP contribution in [0.15, 0.2) is 53.4 Å². The highest BCUT2D eigenvalue weighted by atomic mass is 32.2. The van der Waals surface area contributed by atoms with E-state index in [0.717, 1.165) is 0 Å². The molecular weight excluding hydrogens is 336 g/mol. The van der Waals surface area contributed by atoms with Crippen molar-refractivity contribution in [3.63, 3.8) is 0 Å². The van der Waals surface area contributed by atoms with Crippen molar-refractivity contribution in [2.24, 2.45) is 0 Å². The fourth-order valence-electron chi connectivity index (χ4n) is 2.00. The van der Waals surface area contributed by atoms with Gasteiger partial charge in [-0.1, -0.05) is 18.2 Å². The Hall–Kier alpha value is -2.65. The predicted molar refractivity (Wildman–Crippen MR) is 85.6 cm³/mol. The van der Waals surface area contributed by atoms with Crippen LogP contribution in [0.4, 0.5) is 11.4 Å². The average molecular weight is 350 g/mol. The summed E-state index contributed by atoms with van der Waals surface area (Å²) in [5, 5.41) is 11.2. The molecule has 24 heavy (non-hydrogen) atoms. The van der Waals surface area contributed by atoms with Crippen LogP contribution in [0.1, 0.15) is 0 Å². The van der Waals surface area contributed by atoms with Gasteiger partial charge in [-0.15, -0.1) is 0 Å². The molecule has 1 atom stereocenters. The van der Waals surface area contributed by atoms with Gasteiger partial charge in [0.1, 0.15) is 24.1 Å². The molecule has 1 unspecified atom stereocenters. The van der Waals surface area contributed by atoms with E-state index in [2.05, 4.69) is 4.72 Å². The summed E-state index contributed by atoms with van der Waals surface area (Å²) in [6.07, 6.45) is 0.0142. The molecular formula is C15H14N2O6S. The molecule has 0 amide bonds. The van der Waals surface area contributed by atoms with Crippen molar-refractivity contribution < 1.29 is 22.8 Å². The van der Waals surface area contributed by atoms with E-state index in [9.17, 15) is 18.5 Å². The van der Waals surface area contributed by atoms with Gasteiger partial charge in [-0.25, -0.2) is 8.42 Å². The summed E-state index contributed by atoms with van der Waals surface area (Å²) in [5.74, 6) is 0.278. The quantitative estimate of drug-likeness (QED) is 0.465. The molecule has 126 valence electrons. The molecule has 0 saturated carbocycles. The molecule has 1 heterocycles. The predicted octanol–water partition coefficient (Wildman–Crippen LogP) is 2.17. The van der Waals surface area contributed by atoms with Crippen LogP contribution in [-0.2, 0) is 14.8 Å². The molecule has 0 aliphatic carbocycles. The van der Waals surface area contributed by atoms with E-state index in [1.54, 1.807) is 18.2 Å². The first kappa shape index (κ1) is 16.2. The average Bonchev–Trinajstić information content (AvgIpc) is 3.38. The Morgan fingerprint density at radius 2 is 1.96 bits per heavy atom. The number of rotatable bonds is 7. The van der Waals surface area contributed by atoms with Crippen molar-refractivity contribution >= 4 is 21.4 Å². The molecule has 1 aliphatic heterocycles. The van der Waals surface area contributed by atoms with Crippen molar-refractivity contribution in [1.29, 1.82) is 0 Å². The summed E-state index contributed by atoms with van der Waals surface area (Å²) < 4.78 is 37.2. The maximum Gasteiger partial charge on any atom is 0.297 e. The highest BCUT2D eigenvalue weighted by molar-refractivity contribution is 7.92. The van der Waals surface area contributed by atoms with E-state index in [4.69, 9.17) is 9.47 Å². The number of nitro benzene ring substituents is 1. The zero-order chi connectivity index (χ0) is 17.2. The van der Waals surface area contributed by atoms with Crippen LogP contribution in [-0.4, -0.2) is 32.7 Å². The Kier molecular flexibility index (Phi) is 4.36. The number of hydrogen-bond donors (Lipinski definition) is 1. The monoisotopic (exact) mass is 350 g/mol. The second kappa shape index (κ2) is 6.46. The van der Waals surface area contributed by atoms with Crippen LogP contribution in [0.2, 0.25) is 0 Å². The minimum absolute atomic E-state index is 0.0142. The molecule has 0 bridgehead atoms. The van der Waals surface area contributed by atoms with E-state index in [0.29, 0.717) is 13.2 Å². The molecule has 1 saturated heterocycles. The number of ether oxygens (including phenoxy) is 2. The van der Waals surface area contributed by atoms with Gasteiger partial charge in [0, 0.05) is 0 Å². The second-order valence-electron chi connectivity index (χ2n) is 5.12. The molecule has 0 aromatic heterocycles. The number of nitro groups is 1. The van der Waals surface area contributed by atoms with Gasteiger partial charge in [0.2, 0.25) is 0 Å². The van der Waals surface area contributed by atoms with Crippen LogP contribution in [0.5, 0.6) is 5.75 Å². The second-order valence-corrected chi connectivity index (χ2v) is 6.80. The molecule has 1 fully saturated rings. The van der Waals surface area contributed by atoms with E-state index >= 15 is 0 Å². The molecule has 0 spiro atoms. The number of epoxide rings is 1. The van der Waals surface area contributed by atoms with Gasteiger partial charge in [-0.05, 0) is 24.3 Å². The van der Waals surface area contributed by atoms with Gasteiger partial charge in [-0.2, -0.15) is 0 Å². The lowest BCUT2D eigenvalue weighted by Crippen LogP contribution is -2.14. The van der Waals surface area contributed by atoms with Crippen LogP contribution in [0.3, 0.4) is 0 Å². The third kappa shape index (κ3) is 3.81. The number of hydrogen-bond acceptors (Lipinski definition) is 6. The Labute approximate surface area is 138 Å². The standard InChI is InChI=1S/C15H14N2O6S/c18-17(19)15-8-11(22-9-12-10-23-12)6-7-14(15)16-24(20,21)13-4-2-1-3-5-13/h1-8,12,16H,9-10H2.